The van der Waals surface area contributed by atoms with E-state index < -0.39 is 10.0 Å². The fourth-order valence-corrected chi connectivity index (χ4v) is 3.97. The van der Waals surface area contributed by atoms with Gasteiger partial charge >= 0.3 is 0 Å². The monoisotopic (exact) mass is 356 g/mol. The number of fused-ring (bicyclic) bond motifs is 1. The van der Waals surface area contributed by atoms with Gasteiger partial charge in [-0.1, -0.05) is 37.6 Å². The second-order valence-corrected chi connectivity index (χ2v) is 8.50. The third-order valence-corrected chi connectivity index (χ3v) is 5.94. The first-order chi connectivity index (χ1) is 11.9. The molecule has 2 N–H and O–H groups in total. The molecule has 1 heterocycles. The van der Waals surface area contributed by atoms with Crippen molar-refractivity contribution in [3.05, 3.63) is 65.4 Å². The van der Waals surface area contributed by atoms with E-state index in [0.29, 0.717) is 23.8 Å². The summed E-state index contributed by atoms with van der Waals surface area (Å²) < 4.78 is 27.6. The molecule has 0 aliphatic carbocycles. The van der Waals surface area contributed by atoms with Crippen molar-refractivity contribution in [3.8, 4) is 0 Å². The van der Waals surface area contributed by atoms with Crippen LogP contribution < -0.4 is 4.72 Å². The number of hydrogen-bond acceptors (Lipinski definition) is 2. The number of aryl methyl sites for hydroxylation is 1. The summed E-state index contributed by atoms with van der Waals surface area (Å²) in [5.74, 6) is 0.384. The van der Waals surface area contributed by atoms with E-state index in [2.05, 4.69) is 48.7 Å². The number of benzene rings is 2. The van der Waals surface area contributed by atoms with Gasteiger partial charge in [0.15, 0.2) is 0 Å². The van der Waals surface area contributed by atoms with Crippen molar-refractivity contribution < 1.29 is 8.42 Å². The van der Waals surface area contributed by atoms with Gasteiger partial charge in [0, 0.05) is 23.6 Å². The number of aromatic amines is 1. The fourth-order valence-electron chi connectivity index (χ4n) is 2.93. The lowest BCUT2D eigenvalue weighted by molar-refractivity contribution is 0.581. The predicted octanol–water partition coefficient (Wildman–Crippen LogP) is 4.12. The zero-order valence-electron chi connectivity index (χ0n) is 14.8. The predicted molar refractivity (Wildman–Crippen MR) is 102 cm³/mol. The lowest BCUT2D eigenvalue weighted by Crippen LogP contribution is -2.26. The first-order valence-electron chi connectivity index (χ1n) is 8.53. The van der Waals surface area contributed by atoms with E-state index in [9.17, 15) is 8.42 Å². The molecule has 3 rings (SSSR count). The molecule has 4 nitrogen and oxygen atoms in total. The van der Waals surface area contributed by atoms with Crippen molar-refractivity contribution in [2.24, 2.45) is 0 Å². The molecule has 0 aliphatic rings. The van der Waals surface area contributed by atoms with Gasteiger partial charge in [-0.2, -0.15) is 0 Å². The first-order valence-corrected chi connectivity index (χ1v) is 10.0. The Labute approximate surface area is 149 Å². The Morgan fingerprint density at radius 3 is 2.48 bits per heavy atom. The maximum absolute atomic E-state index is 12.4. The minimum absolute atomic E-state index is 0.312. The summed E-state index contributed by atoms with van der Waals surface area (Å²) in [4.78, 5) is 3.55. The summed E-state index contributed by atoms with van der Waals surface area (Å²) in [6, 6.07) is 13.3. The van der Waals surface area contributed by atoms with Gasteiger partial charge in [0.05, 0.1) is 4.90 Å². The highest BCUT2D eigenvalue weighted by Gasteiger charge is 2.14. The molecule has 2 aromatic carbocycles. The molecule has 0 unspecified atom stereocenters. The molecule has 5 heteroatoms. The van der Waals surface area contributed by atoms with Gasteiger partial charge in [0.25, 0.3) is 0 Å². The Bertz CT molecular complexity index is 971. The lowest BCUT2D eigenvalue weighted by Gasteiger charge is -2.09. The molecule has 25 heavy (non-hydrogen) atoms. The standard InChI is InChI=1S/C20H24N2O2S/c1-14(2)16-5-7-18(8-6-16)25(23,24)22-11-10-17-13-21-20-9-4-15(3)12-19(17)20/h4-9,12-14,21-22H,10-11H2,1-3H3. The van der Waals surface area contributed by atoms with Crippen molar-refractivity contribution in [3.63, 3.8) is 0 Å². The molecule has 0 fully saturated rings. The van der Waals surface area contributed by atoms with Gasteiger partial charge < -0.3 is 4.98 Å². The van der Waals surface area contributed by atoms with Crippen LogP contribution >= 0.6 is 0 Å². The van der Waals surface area contributed by atoms with E-state index in [4.69, 9.17) is 0 Å². The second-order valence-electron chi connectivity index (χ2n) is 6.73. The van der Waals surface area contributed by atoms with Gasteiger partial charge in [-0.3, -0.25) is 0 Å². The van der Waals surface area contributed by atoms with Crippen LogP contribution in [0.5, 0.6) is 0 Å². The van der Waals surface area contributed by atoms with E-state index >= 15 is 0 Å². The molecular formula is C20H24N2O2S. The third kappa shape index (κ3) is 3.94. The molecule has 0 aliphatic heterocycles. The van der Waals surface area contributed by atoms with Crippen LogP contribution in [0.3, 0.4) is 0 Å². The summed E-state index contributed by atoms with van der Waals surface area (Å²) in [6.45, 7) is 6.60. The van der Waals surface area contributed by atoms with Crippen molar-refractivity contribution in [1.82, 2.24) is 9.71 Å². The van der Waals surface area contributed by atoms with Crippen LogP contribution in [-0.4, -0.2) is 19.9 Å². The van der Waals surface area contributed by atoms with E-state index in [-0.39, 0.29) is 0 Å². The largest absolute Gasteiger partial charge is 0.361 e. The Balaban J connectivity index is 1.68. The molecule has 0 saturated heterocycles. The Morgan fingerprint density at radius 2 is 1.80 bits per heavy atom. The Kier molecular flexibility index (Phi) is 4.97. The van der Waals surface area contributed by atoms with Crippen LogP contribution in [0.2, 0.25) is 0 Å². The molecular weight excluding hydrogens is 332 g/mol. The normalized spacial score (nSPS) is 12.2. The van der Waals surface area contributed by atoms with Gasteiger partial charge in [0.2, 0.25) is 10.0 Å². The highest BCUT2D eigenvalue weighted by Crippen LogP contribution is 2.20. The van der Waals surface area contributed by atoms with Gasteiger partial charge in [0.1, 0.15) is 0 Å². The van der Waals surface area contributed by atoms with Crippen LogP contribution in [0, 0.1) is 6.92 Å². The van der Waals surface area contributed by atoms with Crippen molar-refractivity contribution in [2.75, 3.05) is 6.54 Å². The lowest BCUT2D eigenvalue weighted by atomic mass is 10.0. The molecule has 3 aromatic rings. The van der Waals surface area contributed by atoms with E-state index in [0.717, 1.165) is 22.0 Å². The molecule has 0 bridgehead atoms. The van der Waals surface area contributed by atoms with E-state index in [1.165, 1.54) is 5.56 Å². The maximum Gasteiger partial charge on any atom is 0.240 e. The smallest absolute Gasteiger partial charge is 0.240 e. The van der Waals surface area contributed by atoms with Gasteiger partial charge in [-0.05, 0) is 54.7 Å². The van der Waals surface area contributed by atoms with Crippen LogP contribution in [0.1, 0.15) is 36.5 Å². The summed E-state index contributed by atoms with van der Waals surface area (Å²) in [5, 5.41) is 1.15. The van der Waals surface area contributed by atoms with Crippen molar-refractivity contribution in [2.45, 2.75) is 38.0 Å². The molecule has 0 amide bonds. The Hall–Kier alpha value is -2.11. The molecule has 0 radical (unpaired) electrons. The number of aromatic nitrogens is 1. The third-order valence-electron chi connectivity index (χ3n) is 4.47. The minimum Gasteiger partial charge on any atom is -0.361 e. The first kappa shape index (κ1) is 17.7. The second kappa shape index (κ2) is 7.02. The quantitative estimate of drug-likeness (QED) is 0.698. The average molecular weight is 356 g/mol. The fraction of sp³-hybridized carbons (Fsp3) is 0.300. The number of sulfonamides is 1. The molecule has 0 atom stereocenters. The number of rotatable bonds is 6. The average Bonchev–Trinajstić information content (AvgIpc) is 2.97. The van der Waals surface area contributed by atoms with Crippen LogP contribution in [0.4, 0.5) is 0 Å². The van der Waals surface area contributed by atoms with Gasteiger partial charge in [-0.25, -0.2) is 13.1 Å². The molecule has 132 valence electrons. The number of H-pyrrole nitrogens is 1. The summed E-state index contributed by atoms with van der Waals surface area (Å²) in [5.41, 5.74) is 4.52. The maximum atomic E-state index is 12.4. The topological polar surface area (TPSA) is 62.0 Å². The highest BCUT2D eigenvalue weighted by molar-refractivity contribution is 7.89. The number of nitrogens with one attached hydrogen (secondary N) is 2. The minimum atomic E-state index is -3.48. The van der Waals surface area contributed by atoms with Crippen molar-refractivity contribution in [1.29, 1.82) is 0 Å². The summed E-state index contributed by atoms with van der Waals surface area (Å²) in [7, 11) is -3.48. The summed E-state index contributed by atoms with van der Waals surface area (Å²) in [6.07, 6.45) is 2.60. The number of hydrogen-bond donors (Lipinski definition) is 2. The van der Waals surface area contributed by atoms with Crippen LogP contribution in [0.25, 0.3) is 10.9 Å². The van der Waals surface area contributed by atoms with Crippen LogP contribution in [-0.2, 0) is 16.4 Å². The van der Waals surface area contributed by atoms with Crippen LogP contribution in [0.15, 0.2) is 53.6 Å². The molecule has 1 aromatic heterocycles. The summed E-state index contributed by atoms with van der Waals surface area (Å²) >= 11 is 0. The zero-order valence-corrected chi connectivity index (χ0v) is 15.7. The zero-order chi connectivity index (χ0) is 18.0. The van der Waals surface area contributed by atoms with E-state index in [1.54, 1.807) is 12.1 Å². The SMILES string of the molecule is Cc1ccc2[nH]cc(CCNS(=O)(=O)c3ccc(C(C)C)cc3)c2c1. The van der Waals surface area contributed by atoms with Gasteiger partial charge in [-0.15, -0.1) is 0 Å². The molecule has 0 spiro atoms. The molecule has 0 saturated carbocycles. The van der Waals surface area contributed by atoms with Crippen molar-refractivity contribution >= 4 is 20.9 Å². The Morgan fingerprint density at radius 1 is 1.08 bits per heavy atom. The van der Waals surface area contributed by atoms with E-state index in [1.807, 2.05) is 18.3 Å². The highest BCUT2D eigenvalue weighted by atomic mass is 32.2.